The molecule has 4 aromatic rings. The average molecular weight is 342 g/mol. The molecule has 0 saturated carbocycles. The van der Waals surface area contributed by atoms with Gasteiger partial charge < -0.3 is 4.98 Å². The molecule has 0 aliphatic rings. The van der Waals surface area contributed by atoms with Crippen LogP contribution in [0.5, 0.6) is 0 Å². The lowest BCUT2D eigenvalue weighted by molar-refractivity contribution is 0.313. The van der Waals surface area contributed by atoms with E-state index < -0.39 is 0 Å². The van der Waals surface area contributed by atoms with Gasteiger partial charge in [-0.15, -0.1) is 11.3 Å². The van der Waals surface area contributed by atoms with Gasteiger partial charge in [-0.05, 0) is 47.6 Å². The molecule has 2 aromatic carbocycles. The number of hydrogen-bond donors (Lipinski definition) is 1. The van der Waals surface area contributed by atoms with Crippen molar-refractivity contribution in [3.8, 4) is 0 Å². The van der Waals surface area contributed by atoms with Crippen LogP contribution < -0.4 is 0 Å². The summed E-state index contributed by atoms with van der Waals surface area (Å²) in [7, 11) is 2.12. The van der Waals surface area contributed by atoms with Crippen molar-refractivity contribution in [2.45, 2.75) is 13.1 Å². The first-order chi connectivity index (χ1) is 11.2. The standard InChI is InChI=1S/C18H16ClN3S/c1-22(9-12-11-23-17-5-3-2-4-14(12)17)10-18-20-15-7-6-13(19)8-16(15)21-18/h2-8,11H,9-10H2,1H3,(H,20,21). The lowest BCUT2D eigenvalue weighted by Crippen LogP contribution is -2.17. The van der Waals surface area contributed by atoms with Crippen molar-refractivity contribution in [1.29, 1.82) is 0 Å². The topological polar surface area (TPSA) is 31.9 Å². The van der Waals surface area contributed by atoms with Crippen molar-refractivity contribution < 1.29 is 0 Å². The maximum Gasteiger partial charge on any atom is 0.121 e. The summed E-state index contributed by atoms with van der Waals surface area (Å²) in [6.07, 6.45) is 0. The molecule has 5 heteroatoms. The molecule has 0 atom stereocenters. The number of imidazole rings is 1. The summed E-state index contributed by atoms with van der Waals surface area (Å²) >= 11 is 7.83. The molecule has 0 saturated heterocycles. The van der Waals surface area contributed by atoms with Crippen molar-refractivity contribution in [3.63, 3.8) is 0 Å². The van der Waals surface area contributed by atoms with Crippen molar-refractivity contribution in [2.75, 3.05) is 7.05 Å². The minimum atomic E-state index is 0.728. The summed E-state index contributed by atoms with van der Waals surface area (Å²) in [5.74, 6) is 0.962. The van der Waals surface area contributed by atoms with Gasteiger partial charge in [-0.25, -0.2) is 4.98 Å². The Hall–Kier alpha value is -1.88. The minimum Gasteiger partial charge on any atom is -0.341 e. The third-order valence-electron chi connectivity index (χ3n) is 3.91. The van der Waals surface area contributed by atoms with Crippen LogP contribution in [0, 0.1) is 0 Å². The zero-order valence-corrected chi connectivity index (χ0v) is 14.3. The van der Waals surface area contributed by atoms with E-state index in [1.54, 1.807) is 11.3 Å². The lowest BCUT2D eigenvalue weighted by Gasteiger charge is -2.14. The van der Waals surface area contributed by atoms with E-state index in [0.29, 0.717) is 0 Å². The Bertz CT molecular complexity index is 973. The Labute approximate surface area is 143 Å². The van der Waals surface area contributed by atoms with Crippen LogP contribution in [0.3, 0.4) is 0 Å². The van der Waals surface area contributed by atoms with Gasteiger partial charge >= 0.3 is 0 Å². The highest BCUT2D eigenvalue weighted by Crippen LogP contribution is 2.26. The van der Waals surface area contributed by atoms with Crippen LogP contribution in [0.2, 0.25) is 5.02 Å². The zero-order valence-electron chi connectivity index (χ0n) is 12.7. The third-order valence-corrected chi connectivity index (χ3v) is 5.16. The van der Waals surface area contributed by atoms with Crippen LogP contribution in [0.4, 0.5) is 0 Å². The molecule has 4 rings (SSSR count). The third kappa shape index (κ3) is 2.98. The van der Waals surface area contributed by atoms with Gasteiger partial charge in [-0.2, -0.15) is 0 Å². The van der Waals surface area contributed by atoms with E-state index in [0.717, 1.165) is 35.0 Å². The maximum atomic E-state index is 6.03. The first-order valence-electron chi connectivity index (χ1n) is 7.47. The monoisotopic (exact) mass is 341 g/mol. The number of nitrogens with zero attached hydrogens (tertiary/aromatic N) is 2. The molecule has 0 aliphatic carbocycles. The molecule has 1 N–H and O–H groups in total. The van der Waals surface area contributed by atoms with Gasteiger partial charge in [0.15, 0.2) is 0 Å². The SMILES string of the molecule is CN(Cc1nc2ccc(Cl)cc2[nH]1)Cc1csc2ccccc12. The van der Waals surface area contributed by atoms with E-state index in [9.17, 15) is 0 Å². The van der Waals surface area contributed by atoms with Crippen LogP contribution in [-0.4, -0.2) is 21.9 Å². The molecule has 0 aliphatic heterocycles. The fourth-order valence-electron chi connectivity index (χ4n) is 2.87. The Morgan fingerprint density at radius 1 is 1.17 bits per heavy atom. The number of aromatic nitrogens is 2. The van der Waals surface area contributed by atoms with Crippen molar-refractivity contribution in [2.24, 2.45) is 0 Å². The normalized spacial score (nSPS) is 11.8. The summed E-state index contributed by atoms with van der Waals surface area (Å²) in [6, 6.07) is 14.3. The predicted octanol–water partition coefficient (Wildman–Crippen LogP) is 5.06. The Balaban J connectivity index is 1.53. The molecule has 0 spiro atoms. The van der Waals surface area contributed by atoms with E-state index in [2.05, 4.69) is 51.6 Å². The minimum absolute atomic E-state index is 0.728. The number of thiophene rings is 1. The fraction of sp³-hybridized carbons (Fsp3) is 0.167. The highest BCUT2D eigenvalue weighted by Gasteiger charge is 2.09. The van der Waals surface area contributed by atoms with Gasteiger partial charge in [-0.1, -0.05) is 29.8 Å². The largest absolute Gasteiger partial charge is 0.341 e. The van der Waals surface area contributed by atoms with Crippen LogP contribution in [0.25, 0.3) is 21.1 Å². The molecule has 0 unspecified atom stereocenters. The molecule has 0 amide bonds. The van der Waals surface area contributed by atoms with Gasteiger partial charge in [0.05, 0.1) is 17.6 Å². The van der Waals surface area contributed by atoms with Gasteiger partial charge in [0.25, 0.3) is 0 Å². The molecule has 116 valence electrons. The smallest absolute Gasteiger partial charge is 0.121 e. The van der Waals surface area contributed by atoms with Crippen LogP contribution in [0.1, 0.15) is 11.4 Å². The van der Waals surface area contributed by atoms with E-state index in [4.69, 9.17) is 11.6 Å². The van der Waals surface area contributed by atoms with Gasteiger partial charge in [0.1, 0.15) is 5.82 Å². The zero-order chi connectivity index (χ0) is 15.8. The Morgan fingerprint density at radius 2 is 2.04 bits per heavy atom. The highest BCUT2D eigenvalue weighted by molar-refractivity contribution is 7.17. The molecule has 0 bridgehead atoms. The van der Waals surface area contributed by atoms with Gasteiger partial charge in [-0.3, -0.25) is 4.90 Å². The van der Waals surface area contributed by atoms with Gasteiger partial charge in [0.2, 0.25) is 0 Å². The van der Waals surface area contributed by atoms with Crippen molar-refractivity contribution in [3.05, 3.63) is 64.3 Å². The summed E-state index contributed by atoms with van der Waals surface area (Å²) in [6.45, 7) is 1.68. The number of nitrogens with one attached hydrogen (secondary N) is 1. The van der Waals surface area contributed by atoms with Gasteiger partial charge in [0, 0.05) is 16.3 Å². The molecule has 2 aromatic heterocycles. The molecule has 2 heterocycles. The summed E-state index contributed by atoms with van der Waals surface area (Å²) < 4.78 is 1.34. The summed E-state index contributed by atoms with van der Waals surface area (Å²) in [5.41, 5.74) is 3.31. The molecular formula is C18H16ClN3S. The summed E-state index contributed by atoms with van der Waals surface area (Å²) in [5, 5.41) is 4.33. The van der Waals surface area contributed by atoms with E-state index in [1.807, 2.05) is 18.2 Å². The molecule has 0 fully saturated rings. The highest BCUT2D eigenvalue weighted by atomic mass is 35.5. The van der Waals surface area contributed by atoms with Crippen LogP contribution >= 0.6 is 22.9 Å². The average Bonchev–Trinajstić information content (AvgIpc) is 3.11. The lowest BCUT2D eigenvalue weighted by atomic mass is 10.2. The van der Waals surface area contributed by atoms with E-state index >= 15 is 0 Å². The van der Waals surface area contributed by atoms with E-state index in [1.165, 1.54) is 15.6 Å². The molecule has 0 radical (unpaired) electrons. The number of H-pyrrole nitrogens is 1. The first-order valence-corrected chi connectivity index (χ1v) is 8.72. The number of aromatic amines is 1. The maximum absolute atomic E-state index is 6.03. The number of benzene rings is 2. The number of halogens is 1. The fourth-order valence-corrected chi connectivity index (χ4v) is 3.99. The van der Waals surface area contributed by atoms with Crippen molar-refractivity contribution in [1.82, 2.24) is 14.9 Å². The summed E-state index contributed by atoms with van der Waals surface area (Å²) in [4.78, 5) is 10.3. The van der Waals surface area contributed by atoms with Crippen molar-refractivity contribution >= 4 is 44.1 Å². The first kappa shape index (κ1) is 14.7. The quantitative estimate of drug-likeness (QED) is 0.562. The predicted molar refractivity (Wildman–Crippen MR) is 98.1 cm³/mol. The number of hydrogen-bond acceptors (Lipinski definition) is 3. The van der Waals surface area contributed by atoms with Crippen LogP contribution in [-0.2, 0) is 13.1 Å². The molecular weight excluding hydrogens is 326 g/mol. The Morgan fingerprint density at radius 3 is 2.96 bits per heavy atom. The van der Waals surface area contributed by atoms with Crippen LogP contribution in [0.15, 0.2) is 47.8 Å². The number of fused-ring (bicyclic) bond motifs is 2. The molecule has 3 nitrogen and oxygen atoms in total. The second-order valence-electron chi connectivity index (χ2n) is 5.77. The number of rotatable bonds is 4. The van der Waals surface area contributed by atoms with E-state index in [-0.39, 0.29) is 0 Å². The molecule has 23 heavy (non-hydrogen) atoms. The second-order valence-corrected chi connectivity index (χ2v) is 7.12. The Kier molecular flexibility index (Phi) is 3.81. The second kappa shape index (κ2) is 5.96.